The van der Waals surface area contributed by atoms with Gasteiger partial charge in [0.05, 0.1) is 4.92 Å². The molecule has 0 aromatic heterocycles. The number of hydrogen-bond donors (Lipinski definition) is 0. The van der Waals surface area contributed by atoms with E-state index >= 15 is 0 Å². The van der Waals surface area contributed by atoms with Crippen molar-refractivity contribution in [1.82, 2.24) is 0 Å². The van der Waals surface area contributed by atoms with Gasteiger partial charge in [-0.05, 0) is 22.0 Å². The predicted molar refractivity (Wildman–Crippen MR) is 50.8 cm³/mol. The number of nitro benzene ring substituents is 1. The Labute approximate surface area is 99.5 Å². The van der Waals surface area contributed by atoms with Crippen LogP contribution in [0, 0.1) is 10.1 Å². The molecule has 1 rings (SSSR count). The Balaban J connectivity index is 3.56. The van der Waals surface area contributed by atoms with Crippen molar-refractivity contribution in [3.63, 3.8) is 0 Å². The lowest BCUT2D eigenvalue weighted by molar-refractivity contribution is -0.388. The van der Waals surface area contributed by atoms with Crippen LogP contribution in [0.25, 0.3) is 0 Å². The van der Waals surface area contributed by atoms with E-state index in [-0.39, 0.29) is 6.07 Å². The Morgan fingerprint density at radius 1 is 1.29 bits per heavy atom. The molecular formula is C8H3BrF5NO2. The van der Waals surface area contributed by atoms with Gasteiger partial charge in [-0.1, -0.05) is 0 Å². The summed E-state index contributed by atoms with van der Waals surface area (Å²) in [5, 5.41) is 10.4. The summed E-state index contributed by atoms with van der Waals surface area (Å²) >= 11 is 2.41. The lowest BCUT2D eigenvalue weighted by Gasteiger charge is -2.11. The molecule has 0 N–H and O–H groups in total. The van der Waals surface area contributed by atoms with Crippen LogP contribution in [0.15, 0.2) is 16.6 Å². The van der Waals surface area contributed by atoms with Crippen LogP contribution in [0.5, 0.6) is 0 Å². The highest BCUT2D eigenvalue weighted by atomic mass is 79.9. The molecule has 0 fully saturated rings. The first kappa shape index (κ1) is 13.8. The van der Waals surface area contributed by atoms with Crippen LogP contribution < -0.4 is 0 Å². The number of nitrogens with zero attached hydrogens (tertiary/aromatic N) is 1. The first-order chi connectivity index (χ1) is 7.64. The maximum Gasteiger partial charge on any atom is 0.424 e. The van der Waals surface area contributed by atoms with E-state index in [0.717, 1.165) is 0 Å². The quantitative estimate of drug-likeness (QED) is 0.463. The van der Waals surface area contributed by atoms with Crippen molar-refractivity contribution in [3.05, 3.63) is 37.8 Å². The molecule has 9 heteroatoms. The molecule has 0 saturated carbocycles. The lowest BCUT2D eigenvalue weighted by Crippen LogP contribution is -2.10. The molecule has 0 aliphatic rings. The van der Waals surface area contributed by atoms with Crippen LogP contribution in [0.4, 0.5) is 27.6 Å². The van der Waals surface area contributed by atoms with E-state index in [1.807, 2.05) is 0 Å². The third-order valence-electron chi connectivity index (χ3n) is 1.82. The van der Waals surface area contributed by atoms with Gasteiger partial charge in [0.2, 0.25) is 0 Å². The molecule has 0 atom stereocenters. The summed E-state index contributed by atoms with van der Waals surface area (Å²) in [7, 11) is 0. The second kappa shape index (κ2) is 4.55. The van der Waals surface area contributed by atoms with Gasteiger partial charge < -0.3 is 0 Å². The van der Waals surface area contributed by atoms with Gasteiger partial charge in [0.15, 0.2) is 0 Å². The summed E-state index contributed by atoms with van der Waals surface area (Å²) in [5.41, 5.74) is -3.83. The number of rotatable bonds is 2. The van der Waals surface area contributed by atoms with Gasteiger partial charge in [-0.3, -0.25) is 10.1 Å². The first-order valence-electron chi connectivity index (χ1n) is 3.97. The lowest BCUT2D eigenvalue weighted by atomic mass is 10.1. The van der Waals surface area contributed by atoms with Crippen LogP contribution in [-0.4, -0.2) is 4.92 Å². The van der Waals surface area contributed by atoms with Crippen LogP contribution in [0.2, 0.25) is 0 Å². The Bertz CT molecular complexity index is 460. The Morgan fingerprint density at radius 2 is 1.82 bits per heavy atom. The maximum absolute atomic E-state index is 12.5. The zero-order valence-corrected chi connectivity index (χ0v) is 9.35. The minimum atomic E-state index is -5.00. The maximum atomic E-state index is 12.5. The molecule has 3 nitrogen and oxygen atoms in total. The van der Waals surface area contributed by atoms with E-state index in [4.69, 9.17) is 0 Å². The van der Waals surface area contributed by atoms with E-state index in [1.54, 1.807) is 0 Å². The highest BCUT2D eigenvalue weighted by Gasteiger charge is 2.41. The SMILES string of the molecule is O=[N+]([O-])c1cc(C(F)F)cc(Br)c1C(F)(F)F. The van der Waals surface area contributed by atoms with Gasteiger partial charge in [-0.2, -0.15) is 13.2 Å². The van der Waals surface area contributed by atoms with Crippen molar-refractivity contribution < 1.29 is 26.9 Å². The normalized spacial score (nSPS) is 11.9. The van der Waals surface area contributed by atoms with Crippen molar-refractivity contribution >= 4 is 21.6 Å². The number of benzene rings is 1. The minimum Gasteiger partial charge on any atom is -0.258 e. The van der Waals surface area contributed by atoms with Crippen molar-refractivity contribution in [1.29, 1.82) is 0 Å². The molecule has 0 spiro atoms. The molecule has 94 valence electrons. The van der Waals surface area contributed by atoms with Gasteiger partial charge in [0, 0.05) is 16.1 Å². The van der Waals surface area contributed by atoms with Crippen LogP contribution in [0.1, 0.15) is 17.6 Å². The molecule has 1 aromatic rings. The second-order valence-corrected chi connectivity index (χ2v) is 3.81. The monoisotopic (exact) mass is 319 g/mol. The fourth-order valence-electron chi connectivity index (χ4n) is 1.16. The standard InChI is InChI=1S/C8H3BrF5NO2/c9-4-1-3(7(10)11)2-5(15(16)17)6(4)8(12,13)14/h1-2,7H. The molecule has 0 saturated heterocycles. The Morgan fingerprint density at radius 3 is 2.18 bits per heavy atom. The average Bonchev–Trinajstić information content (AvgIpc) is 2.13. The van der Waals surface area contributed by atoms with Crippen LogP contribution in [-0.2, 0) is 6.18 Å². The summed E-state index contributed by atoms with van der Waals surface area (Å²) in [5.74, 6) is 0. The van der Waals surface area contributed by atoms with E-state index in [1.165, 1.54) is 0 Å². The molecule has 17 heavy (non-hydrogen) atoms. The molecule has 0 heterocycles. The van der Waals surface area contributed by atoms with E-state index in [0.29, 0.717) is 6.07 Å². The number of halogens is 6. The molecule has 0 bridgehead atoms. The number of hydrogen-bond acceptors (Lipinski definition) is 2. The third-order valence-corrected chi connectivity index (χ3v) is 2.45. The zero-order valence-electron chi connectivity index (χ0n) is 7.76. The summed E-state index contributed by atoms with van der Waals surface area (Å²) in [4.78, 5) is 9.09. The average molecular weight is 320 g/mol. The van der Waals surface area contributed by atoms with E-state index < -0.39 is 38.8 Å². The van der Waals surface area contributed by atoms with Gasteiger partial charge >= 0.3 is 6.18 Å². The molecule has 0 aliphatic carbocycles. The molecule has 0 aliphatic heterocycles. The van der Waals surface area contributed by atoms with Gasteiger partial charge in [0.1, 0.15) is 5.56 Å². The molecular weight excluding hydrogens is 317 g/mol. The van der Waals surface area contributed by atoms with Crippen LogP contribution in [0.3, 0.4) is 0 Å². The Kier molecular flexibility index (Phi) is 3.70. The first-order valence-corrected chi connectivity index (χ1v) is 4.77. The molecule has 0 radical (unpaired) electrons. The van der Waals surface area contributed by atoms with Gasteiger partial charge in [0.25, 0.3) is 12.1 Å². The van der Waals surface area contributed by atoms with Crippen molar-refractivity contribution in [2.24, 2.45) is 0 Å². The van der Waals surface area contributed by atoms with Gasteiger partial charge in [-0.25, -0.2) is 8.78 Å². The topological polar surface area (TPSA) is 43.1 Å². The number of alkyl halides is 5. The largest absolute Gasteiger partial charge is 0.424 e. The van der Waals surface area contributed by atoms with E-state index in [2.05, 4.69) is 15.9 Å². The fraction of sp³-hybridized carbons (Fsp3) is 0.250. The van der Waals surface area contributed by atoms with Crippen molar-refractivity contribution in [2.75, 3.05) is 0 Å². The number of nitro groups is 1. The molecule has 0 unspecified atom stereocenters. The summed E-state index contributed by atoms with van der Waals surface area (Å²) in [6.07, 6.45) is -8.09. The third kappa shape index (κ3) is 2.90. The smallest absolute Gasteiger partial charge is 0.258 e. The molecule has 0 amide bonds. The van der Waals surface area contributed by atoms with Crippen molar-refractivity contribution in [2.45, 2.75) is 12.6 Å². The highest BCUT2D eigenvalue weighted by molar-refractivity contribution is 9.10. The fourth-order valence-corrected chi connectivity index (χ4v) is 1.86. The van der Waals surface area contributed by atoms with Crippen molar-refractivity contribution in [3.8, 4) is 0 Å². The summed E-state index contributed by atoms with van der Waals surface area (Å²) in [6.45, 7) is 0. The van der Waals surface area contributed by atoms with E-state index in [9.17, 15) is 32.1 Å². The summed E-state index contributed by atoms with van der Waals surface area (Å²) in [6, 6.07) is 0.735. The Hall–Kier alpha value is -1.25. The predicted octanol–water partition coefficient (Wildman–Crippen LogP) is 4.31. The highest BCUT2D eigenvalue weighted by Crippen LogP contribution is 2.42. The zero-order chi connectivity index (χ0) is 13.4. The molecule has 1 aromatic carbocycles. The van der Waals surface area contributed by atoms with Crippen LogP contribution >= 0.6 is 15.9 Å². The summed E-state index contributed by atoms with van der Waals surface area (Å²) < 4.78 is 61.2. The second-order valence-electron chi connectivity index (χ2n) is 2.95. The van der Waals surface area contributed by atoms with Gasteiger partial charge in [-0.15, -0.1) is 0 Å². The minimum absolute atomic E-state index is 0.220.